The molecule has 178 valence electrons. The Labute approximate surface area is 203 Å². The van der Waals surface area contributed by atoms with Crippen LogP contribution >= 0.6 is 0 Å². The smallest absolute Gasteiger partial charge is 0.215 e. The molecule has 0 aliphatic carbocycles. The van der Waals surface area contributed by atoms with E-state index in [0.29, 0.717) is 11.3 Å². The summed E-state index contributed by atoms with van der Waals surface area (Å²) in [7, 11) is 4.32. The maximum absolute atomic E-state index is 10.6. The molecule has 2 aliphatic rings. The number of hydrogen-bond donors (Lipinski definition) is 1. The molecule has 0 saturated carbocycles. The molecule has 0 amide bonds. The van der Waals surface area contributed by atoms with Gasteiger partial charge in [-0.3, -0.25) is 5.41 Å². The predicted molar refractivity (Wildman–Crippen MR) is 122 cm³/mol. The first kappa shape index (κ1) is 23.9. The molecule has 2 aromatic rings. The highest BCUT2D eigenvalue weighted by atomic mass is 16.7. The maximum atomic E-state index is 10.6. The van der Waals surface area contributed by atoms with Gasteiger partial charge in [-0.1, -0.05) is 30.3 Å². The van der Waals surface area contributed by atoms with Gasteiger partial charge in [0.05, 0.1) is 45.5 Å². The summed E-state index contributed by atoms with van der Waals surface area (Å²) in [6, 6.07) is 18.8. The quantitative estimate of drug-likeness (QED) is 0.667. The Hall–Kier alpha value is -4.26. The van der Waals surface area contributed by atoms with Gasteiger partial charge < -0.3 is 23.7 Å². The molecule has 2 heterocycles. The fourth-order valence-corrected chi connectivity index (χ4v) is 5.35. The second-order valence-corrected chi connectivity index (χ2v) is 8.56. The fourth-order valence-electron chi connectivity index (χ4n) is 5.35. The van der Waals surface area contributed by atoms with Crippen LogP contribution < -0.4 is 14.2 Å². The molecule has 9 nitrogen and oxygen atoms in total. The van der Waals surface area contributed by atoms with Crippen molar-refractivity contribution in [2.45, 2.75) is 25.2 Å². The van der Waals surface area contributed by atoms with Crippen LogP contribution in [-0.4, -0.2) is 33.0 Å². The van der Waals surface area contributed by atoms with Gasteiger partial charge in [0.1, 0.15) is 6.10 Å². The molecule has 2 bridgehead atoms. The van der Waals surface area contributed by atoms with Gasteiger partial charge in [-0.05, 0) is 24.1 Å². The first-order valence-corrected chi connectivity index (χ1v) is 10.8. The second-order valence-electron chi connectivity index (χ2n) is 8.56. The third-order valence-electron chi connectivity index (χ3n) is 7.01. The van der Waals surface area contributed by atoms with Crippen molar-refractivity contribution in [1.29, 1.82) is 21.2 Å². The van der Waals surface area contributed by atoms with E-state index in [9.17, 15) is 15.8 Å². The van der Waals surface area contributed by atoms with E-state index in [1.165, 1.54) is 21.3 Å². The molecule has 2 aliphatic heterocycles. The van der Waals surface area contributed by atoms with Crippen LogP contribution in [0.4, 0.5) is 0 Å². The summed E-state index contributed by atoms with van der Waals surface area (Å²) >= 11 is 0. The first-order chi connectivity index (χ1) is 16.8. The van der Waals surface area contributed by atoms with Gasteiger partial charge in [0.2, 0.25) is 22.8 Å². The SMILES string of the molecule is COc1ccc(C2OC3(C)OC(=N)C(C#N)(C3Cc3ccccc3)C2(C#N)C#N)c(OC)c1OC. The lowest BCUT2D eigenvalue weighted by atomic mass is 9.52. The Morgan fingerprint density at radius 2 is 1.57 bits per heavy atom. The number of methoxy groups -OCH3 is 3. The van der Waals surface area contributed by atoms with E-state index < -0.39 is 34.5 Å². The number of ether oxygens (including phenoxy) is 5. The molecule has 0 aromatic heterocycles. The minimum Gasteiger partial charge on any atom is -0.493 e. The second kappa shape index (κ2) is 8.51. The number of rotatable bonds is 6. The molecule has 9 heteroatoms. The maximum Gasteiger partial charge on any atom is 0.215 e. The van der Waals surface area contributed by atoms with Crippen molar-refractivity contribution in [1.82, 2.24) is 0 Å². The zero-order valence-electron chi connectivity index (χ0n) is 19.8. The summed E-state index contributed by atoms with van der Waals surface area (Å²) < 4.78 is 28.7. The largest absolute Gasteiger partial charge is 0.493 e. The summed E-state index contributed by atoms with van der Waals surface area (Å²) in [5.74, 6) is -1.94. The zero-order valence-corrected chi connectivity index (χ0v) is 19.8. The molecule has 0 spiro atoms. The van der Waals surface area contributed by atoms with Crippen molar-refractivity contribution in [3.05, 3.63) is 53.6 Å². The topological polar surface area (TPSA) is 141 Å². The van der Waals surface area contributed by atoms with Crippen molar-refractivity contribution in [2.75, 3.05) is 21.3 Å². The number of hydrogen-bond acceptors (Lipinski definition) is 9. The fraction of sp³-hybridized carbons (Fsp3) is 0.385. The molecule has 4 unspecified atom stereocenters. The normalized spacial score (nSPS) is 28.1. The van der Waals surface area contributed by atoms with E-state index in [1.807, 2.05) is 30.3 Å². The standard InChI is InChI=1S/C26H24N4O5/c1-24-19(12-16-8-6-5-7-9-16)26(15-29,23(30)35-24)25(13-27,14-28)22(34-24)17-10-11-18(31-2)21(33-4)20(17)32-3/h5-11,19,22,30H,12H2,1-4H3. The van der Waals surface area contributed by atoms with Gasteiger partial charge in [0.25, 0.3) is 0 Å². The molecule has 4 atom stereocenters. The summed E-state index contributed by atoms with van der Waals surface area (Å²) in [5, 5.41) is 40.3. The van der Waals surface area contributed by atoms with Crippen LogP contribution in [0.25, 0.3) is 0 Å². The summed E-state index contributed by atoms with van der Waals surface area (Å²) in [6.45, 7) is 1.63. The van der Waals surface area contributed by atoms with Crippen LogP contribution in [0.1, 0.15) is 24.2 Å². The molecular weight excluding hydrogens is 448 g/mol. The van der Waals surface area contributed by atoms with Gasteiger partial charge in [0, 0.05) is 12.5 Å². The summed E-state index contributed by atoms with van der Waals surface area (Å²) in [5.41, 5.74) is -2.89. The molecule has 2 saturated heterocycles. The molecule has 2 aromatic carbocycles. The average Bonchev–Trinajstić information content (AvgIpc) is 3.04. The highest BCUT2D eigenvalue weighted by Crippen LogP contribution is 2.68. The lowest BCUT2D eigenvalue weighted by molar-refractivity contribution is -0.272. The number of nitrogens with zero attached hydrogens (tertiary/aromatic N) is 3. The van der Waals surface area contributed by atoms with Gasteiger partial charge in [-0.25, -0.2) is 0 Å². The van der Waals surface area contributed by atoms with Crippen LogP contribution in [0.5, 0.6) is 17.2 Å². The first-order valence-electron chi connectivity index (χ1n) is 10.8. The van der Waals surface area contributed by atoms with E-state index in [2.05, 4.69) is 18.2 Å². The molecule has 4 rings (SSSR count). The van der Waals surface area contributed by atoms with Gasteiger partial charge in [-0.2, -0.15) is 15.8 Å². The molecular formula is C26H24N4O5. The van der Waals surface area contributed by atoms with Crippen LogP contribution in [0.3, 0.4) is 0 Å². The zero-order chi connectivity index (χ0) is 25.4. The van der Waals surface area contributed by atoms with Gasteiger partial charge in [-0.15, -0.1) is 0 Å². The Bertz CT molecular complexity index is 1280. The molecule has 1 N–H and O–H groups in total. The van der Waals surface area contributed by atoms with Crippen LogP contribution in [0, 0.1) is 56.2 Å². The Morgan fingerprint density at radius 3 is 2.11 bits per heavy atom. The molecule has 35 heavy (non-hydrogen) atoms. The predicted octanol–water partition coefficient (Wildman–Crippen LogP) is 3.91. The Morgan fingerprint density at radius 1 is 0.914 bits per heavy atom. The number of fused-ring (bicyclic) bond motifs is 2. The number of nitriles is 3. The third kappa shape index (κ3) is 3.04. The molecule has 0 radical (unpaired) electrons. The van der Waals surface area contributed by atoms with Gasteiger partial charge in [0.15, 0.2) is 16.9 Å². The highest BCUT2D eigenvalue weighted by Gasteiger charge is 2.79. The summed E-state index contributed by atoms with van der Waals surface area (Å²) in [6.07, 6.45) is -1.04. The number of benzene rings is 2. The average molecular weight is 473 g/mol. The van der Waals surface area contributed by atoms with E-state index >= 15 is 0 Å². The van der Waals surface area contributed by atoms with E-state index in [-0.39, 0.29) is 17.9 Å². The Balaban J connectivity index is 1.99. The molecule has 2 fully saturated rings. The van der Waals surface area contributed by atoms with E-state index in [4.69, 9.17) is 29.1 Å². The van der Waals surface area contributed by atoms with Crippen molar-refractivity contribution in [3.63, 3.8) is 0 Å². The van der Waals surface area contributed by atoms with Crippen molar-refractivity contribution in [2.24, 2.45) is 16.7 Å². The Kier molecular flexibility index (Phi) is 5.80. The van der Waals surface area contributed by atoms with E-state index in [0.717, 1.165) is 5.56 Å². The third-order valence-corrected chi connectivity index (χ3v) is 7.01. The highest BCUT2D eigenvalue weighted by molar-refractivity contribution is 5.89. The van der Waals surface area contributed by atoms with Crippen molar-refractivity contribution in [3.8, 4) is 35.5 Å². The van der Waals surface area contributed by atoms with Crippen LogP contribution in [-0.2, 0) is 15.9 Å². The lowest BCUT2D eigenvalue weighted by Crippen LogP contribution is -2.59. The van der Waals surface area contributed by atoms with Crippen molar-refractivity contribution < 1.29 is 23.7 Å². The minimum absolute atomic E-state index is 0.191. The van der Waals surface area contributed by atoms with Gasteiger partial charge >= 0.3 is 0 Å². The van der Waals surface area contributed by atoms with Crippen LogP contribution in [0.15, 0.2) is 42.5 Å². The number of nitrogens with one attached hydrogen (secondary N) is 1. The minimum atomic E-state index is -2.14. The lowest BCUT2D eigenvalue weighted by Gasteiger charge is -2.49. The van der Waals surface area contributed by atoms with E-state index in [1.54, 1.807) is 19.1 Å². The van der Waals surface area contributed by atoms with Crippen LogP contribution in [0.2, 0.25) is 0 Å². The van der Waals surface area contributed by atoms with Crippen molar-refractivity contribution >= 4 is 5.90 Å². The monoisotopic (exact) mass is 472 g/mol. The summed E-state index contributed by atoms with van der Waals surface area (Å²) in [4.78, 5) is 0.